The maximum absolute atomic E-state index is 11.9. The molecule has 1 aromatic carbocycles. The van der Waals surface area contributed by atoms with Crippen molar-refractivity contribution in [2.45, 2.75) is 52.5 Å². The molecule has 0 aliphatic carbocycles. The highest BCUT2D eigenvalue weighted by Crippen LogP contribution is 2.19. The molecular weight excluding hydrogens is 264 g/mol. The summed E-state index contributed by atoms with van der Waals surface area (Å²) in [5.74, 6) is 0.857. The number of ether oxygens (including phenoxy) is 1. The van der Waals surface area contributed by atoms with Gasteiger partial charge in [-0.3, -0.25) is 4.79 Å². The van der Waals surface area contributed by atoms with Crippen molar-refractivity contribution in [2.24, 2.45) is 5.73 Å². The van der Waals surface area contributed by atoms with Crippen LogP contribution in [-0.4, -0.2) is 25.1 Å². The van der Waals surface area contributed by atoms with Gasteiger partial charge in [0.25, 0.3) is 0 Å². The van der Waals surface area contributed by atoms with Crippen LogP contribution in [0.1, 0.15) is 43.7 Å². The van der Waals surface area contributed by atoms with Crippen molar-refractivity contribution in [3.8, 4) is 5.75 Å². The van der Waals surface area contributed by atoms with E-state index in [1.54, 1.807) is 0 Å². The van der Waals surface area contributed by atoms with E-state index < -0.39 is 0 Å². The fourth-order valence-corrected chi connectivity index (χ4v) is 2.12. The van der Waals surface area contributed by atoms with E-state index in [2.05, 4.69) is 18.3 Å². The fourth-order valence-electron chi connectivity index (χ4n) is 2.12. The smallest absolute Gasteiger partial charge is 0.223 e. The molecule has 4 heteroatoms. The Hall–Kier alpha value is -1.55. The zero-order chi connectivity index (χ0) is 15.7. The predicted octanol–water partition coefficient (Wildman–Crippen LogP) is 2.71. The van der Waals surface area contributed by atoms with E-state index in [1.807, 2.05) is 26.0 Å². The molecular formula is C17H28N2O2. The first-order chi connectivity index (χ1) is 10.1. The molecule has 1 amide bonds. The number of benzene rings is 1. The number of carbonyl (C=O) groups is 1. The lowest BCUT2D eigenvalue weighted by Crippen LogP contribution is -2.40. The van der Waals surface area contributed by atoms with Gasteiger partial charge in [-0.25, -0.2) is 0 Å². The number of unbranched alkanes of at least 4 members (excludes halogenated alkanes) is 1. The van der Waals surface area contributed by atoms with Gasteiger partial charge in [0, 0.05) is 12.6 Å². The first-order valence-corrected chi connectivity index (χ1v) is 7.76. The van der Waals surface area contributed by atoms with E-state index in [-0.39, 0.29) is 11.9 Å². The minimum atomic E-state index is 0.00635. The average molecular weight is 292 g/mol. The Morgan fingerprint density at radius 2 is 2.14 bits per heavy atom. The maximum atomic E-state index is 11.9. The van der Waals surface area contributed by atoms with E-state index in [4.69, 9.17) is 10.5 Å². The Kier molecular flexibility index (Phi) is 7.83. The standard InChI is InChI=1S/C17H28N2O2/c1-4-5-6-15(12-18)19-17(20)9-10-21-16-11-13(2)7-8-14(16)3/h7-8,11,15H,4-6,9-10,12,18H2,1-3H3,(H,19,20). The van der Waals surface area contributed by atoms with Crippen LogP contribution in [0.25, 0.3) is 0 Å². The van der Waals surface area contributed by atoms with E-state index in [9.17, 15) is 4.79 Å². The molecule has 0 aliphatic rings. The molecule has 0 aromatic heterocycles. The molecule has 118 valence electrons. The summed E-state index contributed by atoms with van der Waals surface area (Å²) in [5, 5.41) is 2.97. The molecule has 1 unspecified atom stereocenters. The summed E-state index contributed by atoms with van der Waals surface area (Å²) in [6, 6.07) is 6.16. The highest BCUT2D eigenvalue weighted by atomic mass is 16.5. The van der Waals surface area contributed by atoms with Gasteiger partial charge < -0.3 is 15.8 Å². The molecule has 3 N–H and O–H groups in total. The number of amides is 1. The first kappa shape index (κ1) is 17.5. The largest absolute Gasteiger partial charge is 0.493 e. The molecule has 1 atom stereocenters. The van der Waals surface area contributed by atoms with Gasteiger partial charge in [-0.05, 0) is 37.5 Å². The number of aryl methyl sites for hydroxylation is 2. The van der Waals surface area contributed by atoms with Crippen molar-refractivity contribution < 1.29 is 9.53 Å². The lowest BCUT2D eigenvalue weighted by Gasteiger charge is -2.16. The Balaban J connectivity index is 2.34. The van der Waals surface area contributed by atoms with Gasteiger partial charge in [0.15, 0.2) is 0 Å². The SMILES string of the molecule is CCCCC(CN)NC(=O)CCOc1cc(C)ccc1C. The van der Waals surface area contributed by atoms with Gasteiger partial charge in [0.2, 0.25) is 5.91 Å². The molecule has 0 fully saturated rings. The van der Waals surface area contributed by atoms with E-state index in [0.717, 1.165) is 36.1 Å². The summed E-state index contributed by atoms with van der Waals surface area (Å²) in [7, 11) is 0. The Morgan fingerprint density at radius 3 is 2.81 bits per heavy atom. The van der Waals surface area contributed by atoms with Crippen LogP contribution in [0.2, 0.25) is 0 Å². The maximum Gasteiger partial charge on any atom is 0.223 e. The molecule has 0 saturated heterocycles. The highest BCUT2D eigenvalue weighted by molar-refractivity contribution is 5.76. The van der Waals surface area contributed by atoms with Crippen LogP contribution in [0.3, 0.4) is 0 Å². The zero-order valence-corrected chi connectivity index (χ0v) is 13.4. The number of hydrogen-bond acceptors (Lipinski definition) is 3. The molecule has 0 heterocycles. The molecule has 4 nitrogen and oxygen atoms in total. The lowest BCUT2D eigenvalue weighted by atomic mass is 10.1. The van der Waals surface area contributed by atoms with Gasteiger partial charge >= 0.3 is 0 Å². The quantitative estimate of drug-likeness (QED) is 0.735. The summed E-state index contributed by atoms with van der Waals surface area (Å²) >= 11 is 0. The third-order valence-corrected chi connectivity index (χ3v) is 3.49. The van der Waals surface area contributed by atoms with Crippen LogP contribution in [0.4, 0.5) is 0 Å². The number of nitrogens with one attached hydrogen (secondary N) is 1. The molecule has 0 aliphatic heterocycles. The minimum Gasteiger partial charge on any atom is -0.493 e. The minimum absolute atomic E-state index is 0.00635. The Bertz CT molecular complexity index is 446. The Morgan fingerprint density at radius 1 is 1.38 bits per heavy atom. The monoisotopic (exact) mass is 292 g/mol. The van der Waals surface area contributed by atoms with Crippen LogP contribution >= 0.6 is 0 Å². The van der Waals surface area contributed by atoms with Crippen LogP contribution in [0.5, 0.6) is 5.75 Å². The van der Waals surface area contributed by atoms with Crippen LogP contribution < -0.4 is 15.8 Å². The molecule has 0 saturated carbocycles. The lowest BCUT2D eigenvalue weighted by molar-refractivity contribution is -0.122. The van der Waals surface area contributed by atoms with Crippen LogP contribution in [-0.2, 0) is 4.79 Å². The predicted molar refractivity (Wildman–Crippen MR) is 86.5 cm³/mol. The molecule has 0 spiro atoms. The van der Waals surface area contributed by atoms with Crippen molar-refractivity contribution in [2.75, 3.05) is 13.2 Å². The van der Waals surface area contributed by atoms with Gasteiger partial charge in [-0.2, -0.15) is 0 Å². The molecule has 21 heavy (non-hydrogen) atoms. The zero-order valence-electron chi connectivity index (χ0n) is 13.4. The second-order valence-corrected chi connectivity index (χ2v) is 5.51. The van der Waals surface area contributed by atoms with E-state index >= 15 is 0 Å². The van der Waals surface area contributed by atoms with Gasteiger partial charge in [-0.1, -0.05) is 31.9 Å². The number of nitrogens with two attached hydrogens (primary N) is 1. The normalized spacial score (nSPS) is 12.0. The topological polar surface area (TPSA) is 64.3 Å². The summed E-state index contributed by atoms with van der Waals surface area (Å²) < 4.78 is 5.69. The second-order valence-electron chi connectivity index (χ2n) is 5.51. The van der Waals surface area contributed by atoms with Crippen molar-refractivity contribution in [3.05, 3.63) is 29.3 Å². The van der Waals surface area contributed by atoms with Crippen molar-refractivity contribution in [1.29, 1.82) is 0 Å². The third kappa shape index (κ3) is 6.63. The fraction of sp³-hybridized carbons (Fsp3) is 0.588. The average Bonchev–Trinajstić information content (AvgIpc) is 2.47. The van der Waals surface area contributed by atoms with Crippen molar-refractivity contribution >= 4 is 5.91 Å². The van der Waals surface area contributed by atoms with Crippen LogP contribution in [0.15, 0.2) is 18.2 Å². The number of hydrogen-bond donors (Lipinski definition) is 2. The summed E-state index contributed by atoms with van der Waals surface area (Å²) in [5.41, 5.74) is 7.91. The van der Waals surface area contributed by atoms with Crippen molar-refractivity contribution in [1.82, 2.24) is 5.32 Å². The van der Waals surface area contributed by atoms with E-state index in [0.29, 0.717) is 19.6 Å². The summed E-state index contributed by atoms with van der Waals surface area (Å²) in [6.07, 6.45) is 3.50. The number of carbonyl (C=O) groups excluding carboxylic acids is 1. The molecule has 0 radical (unpaired) electrons. The molecule has 1 aromatic rings. The first-order valence-electron chi connectivity index (χ1n) is 7.76. The number of rotatable bonds is 9. The van der Waals surface area contributed by atoms with Crippen molar-refractivity contribution in [3.63, 3.8) is 0 Å². The van der Waals surface area contributed by atoms with Gasteiger partial charge in [0.1, 0.15) is 5.75 Å². The summed E-state index contributed by atoms with van der Waals surface area (Å²) in [6.45, 7) is 7.04. The third-order valence-electron chi connectivity index (χ3n) is 3.49. The van der Waals surface area contributed by atoms with Gasteiger partial charge in [0.05, 0.1) is 13.0 Å². The molecule has 0 bridgehead atoms. The highest BCUT2D eigenvalue weighted by Gasteiger charge is 2.10. The van der Waals surface area contributed by atoms with Gasteiger partial charge in [-0.15, -0.1) is 0 Å². The van der Waals surface area contributed by atoms with Crippen LogP contribution in [0, 0.1) is 13.8 Å². The van der Waals surface area contributed by atoms with E-state index in [1.165, 1.54) is 0 Å². The summed E-state index contributed by atoms with van der Waals surface area (Å²) in [4.78, 5) is 11.9. The Labute approximate surface area is 128 Å². The second kappa shape index (κ2) is 9.40. The molecule has 1 rings (SSSR count).